The monoisotopic (exact) mass is 996 g/mol. The quantitative estimate of drug-likeness (QED) is 0.151. The Kier molecular flexibility index (Phi) is 12.9. The van der Waals surface area contributed by atoms with Crippen LogP contribution in [0.4, 0.5) is 0 Å². The molecule has 0 N–H and O–H groups in total. The lowest BCUT2D eigenvalue weighted by Crippen LogP contribution is -1.79. The van der Waals surface area contributed by atoms with Crippen molar-refractivity contribution in [3.05, 3.63) is 291 Å². The summed E-state index contributed by atoms with van der Waals surface area (Å²) < 4.78 is 0. The minimum absolute atomic E-state index is 0.797. The van der Waals surface area contributed by atoms with Gasteiger partial charge < -0.3 is 0 Å². The van der Waals surface area contributed by atoms with Gasteiger partial charge in [-0.05, 0) is 170 Å². The zero-order valence-electron chi connectivity index (χ0n) is 42.4. The van der Waals surface area contributed by atoms with Gasteiger partial charge in [0.15, 0.2) is 0 Å². The Labute approximate surface area is 449 Å². The molecule has 0 spiro atoms. The molecule has 0 atom stereocenters. The first kappa shape index (κ1) is 47.2. The van der Waals surface area contributed by atoms with Crippen molar-refractivity contribution >= 4 is 130 Å². The molecule has 78 heavy (non-hydrogen) atoms. The molecule has 24 bridgehead atoms. The van der Waals surface area contributed by atoms with Crippen molar-refractivity contribution < 1.29 is 0 Å². The minimum Gasteiger partial charge on any atom is -0.151 e. The Morgan fingerprint density at radius 2 is 0.154 bits per heavy atom. The lowest BCUT2D eigenvalue weighted by atomic mass is 10.1. The van der Waals surface area contributed by atoms with Crippen molar-refractivity contribution in [1.29, 1.82) is 0 Å². The predicted octanol–water partition coefficient (Wildman–Crippen LogP) is 18.6. The number of nitrogens with zero attached hydrogens (tertiary/aromatic N) is 6. The summed E-state index contributed by atoms with van der Waals surface area (Å²) in [6, 6.07) is 101. The van der Waals surface area contributed by atoms with E-state index >= 15 is 0 Å². The summed E-state index contributed by atoms with van der Waals surface area (Å²) in [6.45, 7) is 0. The first-order valence-corrected chi connectivity index (χ1v) is 26.0. The van der Waals surface area contributed by atoms with Gasteiger partial charge in [0.2, 0.25) is 0 Å². The molecular weight excluding hydrogens is 949 g/mol. The van der Waals surface area contributed by atoms with Crippen LogP contribution in [0.15, 0.2) is 291 Å². The number of benzene rings is 12. The zero-order chi connectivity index (χ0) is 52.0. The number of aromatic nitrogens is 6. The standard InChI is InChI=1S/C72H48N6/c1-13-55-14-2-49(1)50-3-15-56(16-4-50)62-27-39-68(40-28-62)75-76-70-43-31-64(32-44-70)58-19-7-53(8-20-58)54-11-23-60(24-12-54)66-35-47-72(48-36-66)78-77-71-45-33-65(34-46-71)59-21-9-52(10-22-59)51-5-17-57(18-6-51)63-29-41-69(42-30-63)74-73-67-37-25-61(55)26-38-67/h1-48H. The summed E-state index contributed by atoms with van der Waals surface area (Å²) in [5.41, 5.74) is 4.78. The summed E-state index contributed by atoms with van der Waals surface area (Å²) in [7, 11) is 0. The molecule has 6 heteroatoms. The van der Waals surface area contributed by atoms with E-state index in [0.29, 0.717) is 0 Å². The van der Waals surface area contributed by atoms with Crippen LogP contribution in [0.2, 0.25) is 0 Å². The van der Waals surface area contributed by atoms with E-state index in [9.17, 15) is 0 Å². The summed E-state index contributed by atoms with van der Waals surface area (Å²) >= 11 is 0. The largest absolute Gasteiger partial charge is 0.151 e. The van der Waals surface area contributed by atoms with E-state index in [0.717, 1.165) is 130 Å². The highest BCUT2D eigenvalue weighted by Crippen LogP contribution is 2.24. The highest BCUT2D eigenvalue weighted by atomic mass is 15.1. The molecule has 0 aliphatic carbocycles. The van der Waals surface area contributed by atoms with Crippen molar-refractivity contribution in [1.82, 2.24) is 30.6 Å². The van der Waals surface area contributed by atoms with Gasteiger partial charge in [-0.3, -0.25) is 0 Å². The van der Waals surface area contributed by atoms with Crippen LogP contribution in [-0.4, -0.2) is 30.6 Å². The van der Waals surface area contributed by atoms with E-state index in [1.165, 1.54) is 0 Å². The van der Waals surface area contributed by atoms with E-state index in [4.69, 9.17) is 0 Å². The van der Waals surface area contributed by atoms with Crippen LogP contribution in [0.25, 0.3) is 130 Å². The summed E-state index contributed by atoms with van der Waals surface area (Å²) in [4.78, 5) is 0. The van der Waals surface area contributed by atoms with Gasteiger partial charge in [-0.25, -0.2) is 0 Å². The third-order valence-electron chi connectivity index (χ3n) is 14.4. The molecule has 0 radical (unpaired) electrons. The topological polar surface area (TPSA) is 77.3 Å². The fraction of sp³-hybridized carbons (Fsp3) is 0. The lowest BCUT2D eigenvalue weighted by molar-refractivity contribution is 1.12. The summed E-state index contributed by atoms with van der Waals surface area (Å²) in [5, 5.41) is 47.8. The average molecular weight is 997 g/mol. The van der Waals surface area contributed by atoms with Crippen LogP contribution in [0.3, 0.4) is 0 Å². The molecule has 0 amide bonds. The normalized spacial score (nSPS) is 11.1. The molecule has 38 rings (SSSR count). The Morgan fingerprint density at radius 1 is 0.0897 bits per heavy atom. The molecule has 12 aromatic carbocycles. The van der Waals surface area contributed by atoms with Gasteiger partial charge in [0.05, 0.1) is 33.1 Å². The van der Waals surface area contributed by atoms with Crippen LogP contribution in [0, 0.1) is 0 Å². The number of rotatable bonds is 0. The van der Waals surface area contributed by atoms with Gasteiger partial charge in [-0.15, -0.1) is 0 Å². The van der Waals surface area contributed by atoms with Gasteiger partial charge in [-0.1, -0.05) is 218 Å². The van der Waals surface area contributed by atoms with Crippen molar-refractivity contribution in [3.8, 4) is 0 Å². The second kappa shape index (κ2) is 21.4. The van der Waals surface area contributed by atoms with Gasteiger partial charge in [0.25, 0.3) is 0 Å². The maximum atomic E-state index is 4.54. The van der Waals surface area contributed by atoms with Crippen molar-refractivity contribution in [3.63, 3.8) is 0 Å². The molecular formula is C72H48N6. The molecule has 0 unspecified atom stereocenters. The molecule has 38 aromatic rings. The molecule has 0 aliphatic heterocycles. The highest BCUT2D eigenvalue weighted by molar-refractivity contribution is 5.95. The molecule has 0 saturated carbocycles. The van der Waals surface area contributed by atoms with Crippen molar-refractivity contribution in [2.24, 2.45) is 0 Å². The Bertz CT molecular complexity index is 3960. The van der Waals surface area contributed by atoms with Gasteiger partial charge in [0, 0.05) is 0 Å². The minimum atomic E-state index is 0.797. The Hall–Kier alpha value is -10.6. The highest BCUT2D eigenvalue weighted by Gasteiger charge is 1.99. The van der Waals surface area contributed by atoms with Crippen molar-refractivity contribution in [2.75, 3.05) is 0 Å². The first-order chi connectivity index (χ1) is 38.5. The summed E-state index contributed by atoms with van der Waals surface area (Å²) in [5.74, 6) is 0. The summed E-state index contributed by atoms with van der Waals surface area (Å²) in [6.07, 6.45) is 0. The van der Waals surface area contributed by atoms with Crippen LogP contribution < -0.4 is 0 Å². The van der Waals surface area contributed by atoms with Crippen LogP contribution in [0.5, 0.6) is 0 Å². The maximum Gasteiger partial charge on any atom is 0.0857 e. The third-order valence-corrected chi connectivity index (χ3v) is 14.4. The van der Waals surface area contributed by atoms with E-state index < -0.39 is 0 Å². The molecule has 0 aliphatic rings. The van der Waals surface area contributed by atoms with Gasteiger partial charge >= 0.3 is 0 Å². The number of hydrogen-bond acceptors (Lipinski definition) is 6. The lowest BCUT2D eigenvalue weighted by Gasteiger charge is -1.98. The zero-order valence-corrected chi connectivity index (χ0v) is 42.4. The van der Waals surface area contributed by atoms with E-state index in [1.807, 2.05) is 72.8 Å². The van der Waals surface area contributed by atoms with E-state index in [-0.39, 0.29) is 0 Å². The van der Waals surface area contributed by atoms with Crippen LogP contribution in [0.1, 0.15) is 0 Å². The third kappa shape index (κ3) is 10.6. The Balaban J connectivity index is 0.823. The molecule has 26 aromatic heterocycles. The van der Waals surface area contributed by atoms with Crippen LogP contribution >= 0.6 is 0 Å². The average Bonchev–Trinajstić information content (AvgIpc) is 3.53. The predicted molar refractivity (Wildman–Crippen MR) is 329 cm³/mol. The molecule has 0 fully saturated rings. The SMILES string of the molecule is c1cc2ccc1nnc1ccc(cc1)c1ccc(cc1)c1ccc(cc1)c1ccc(cc1)nnc1ccc(cc1)c1ccc(cc1)c1ccc(cc1)c1ccc(cc1)nnc1ccc(cc1)c1ccc(cc1)c1ccc2cc1. The maximum absolute atomic E-state index is 4.54. The Morgan fingerprint density at radius 3 is 0.231 bits per heavy atom. The molecule has 0 saturated heterocycles. The molecule has 26 heterocycles. The molecule has 6 nitrogen and oxygen atoms in total. The smallest absolute Gasteiger partial charge is 0.0857 e. The second-order valence-electron chi connectivity index (χ2n) is 19.3. The van der Waals surface area contributed by atoms with E-state index in [1.54, 1.807) is 0 Å². The van der Waals surface area contributed by atoms with Gasteiger partial charge in [0.1, 0.15) is 0 Å². The van der Waals surface area contributed by atoms with Gasteiger partial charge in [-0.2, -0.15) is 30.6 Å². The molecule has 366 valence electrons. The van der Waals surface area contributed by atoms with Crippen molar-refractivity contribution in [2.45, 2.75) is 0 Å². The van der Waals surface area contributed by atoms with E-state index in [2.05, 4.69) is 249 Å². The fourth-order valence-electron chi connectivity index (χ4n) is 9.80. The van der Waals surface area contributed by atoms with Crippen LogP contribution in [-0.2, 0) is 0 Å². The number of hydrogen-bond donors (Lipinski definition) is 0. The second-order valence-corrected chi connectivity index (χ2v) is 19.3. The fourth-order valence-corrected chi connectivity index (χ4v) is 9.80. The first-order valence-electron chi connectivity index (χ1n) is 26.0.